The van der Waals surface area contributed by atoms with Gasteiger partial charge in [-0.1, -0.05) is 19.9 Å². The molecule has 3 N–H and O–H groups in total. The largest absolute Gasteiger partial charge is 0.481 e. The summed E-state index contributed by atoms with van der Waals surface area (Å²) < 4.78 is 29.8. The van der Waals surface area contributed by atoms with Crippen LogP contribution < -0.4 is 15.5 Å². The van der Waals surface area contributed by atoms with Crippen molar-refractivity contribution >= 4 is 23.6 Å². The maximum atomic E-state index is 15.7. The molecule has 3 aromatic rings. The number of nitrogens with one attached hydrogen (secondary N) is 2. The topological polar surface area (TPSA) is 115 Å². The highest BCUT2D eigenvalue weighted by Gasteiger charge is 2.29. The second-order valence-corrected chi connectivity index (χ2v) is 13.8. The van der Waals surface area contributed by atoms with Crippen molar-refractivity contribution in [3.8, 4) is 11.1 Å². The molecule has 9 nitrogen and oxygen atoms in total. The van der Waals surface area contributed by atoms with Gasteiger partial charge in [-0.25, -0.2) is 13.8 Å². The van der Waals surface area contributed by atoms with E-state index in [2.05, 4.69) is 39.3 Å². The normalized spacial score (nSPS) is 15.2. The van der Waals surface area contributed by atoms with Gasteiger partial charge in [0, 0.05) is 37.8 Å². The van der Waals surface area contributed by atoms with E-state index in [0.717, 1.165) is 32.6 Å². The summed E-state index contributed by atoms with van der Waals surface area (Å²) in [7, 11) is 0. The number of carbonyl (C=O) groups excluding carboxylic acids is 2. The lowest BCUT2D eigenvalue weighted by molar-refractivity contribution is -0.137. The fourth-order valence-corrected chi connectivity index (χ4v) is 6.59. The number of aryl methyl sites for hydroxylation is 3. The molecule has 4 rings (SSSR count). The third kappa shape index (κ3) is 9.62. The Morgan fingerprint density at radius 3 is 2.22 bits per heavy atom. The number of hydrogen-bond donors (Lipinski definition) is 3. The highest BCUT2D eigenvalue weighted by molar-refractivity contribution is 5.96. The van der Waals surface area contributed by atoms with Gasteiger partial charge in [-0.3, -0.25) is 19.3 Å². The minimum absolute atomic E-state index is 0.00801. The number of pyridine rings is 1. The molecule has 1 aliphatic heterocycles. The van der Waals surface area contributed by atoms with Crippen LogP contribution in [-0.2, 0) is 9.59 Å². The third-order valence-electron chi connectivity index (χ3n) is 9.02. The summed E-state index contributed by atoms with van der Waals surface area (Å²) in [5.41, 5.74) is 2.95. The van der Waals surface area contributed by atoms with Gasteiger partial charge in [-0.05, 0) is 118 Å². The first-order valence-electron chi connectivity index (χ1n) is 17.0. The van der Waals surface area contributed by atoms with E-state index >= 15 is 4.39 Å². The predicted molar refractivity (Wildman–Crippen MR) is 188 cm³/mol. The van der Waals surface area contributed by atoms with Crippen LogP contribution in [0.15, 0.2) is 42.5 Å². The summed E-state index contributed by atoms with van der Waals surface area (Å²) >= 11 is 0. The highest BCUT2D eigenvalue weighted by atomic mass is 19.1. The van der Waals surface area contributed by atoms with Crippen LogP contribution in [0.1, 0.15) is 85.7 Å². The molecular weight excluding hydrogens is 628 g/mol. The molecule has 2 atom stereocenters. The molecule has 0 unspecified atom stereocenters. The smallest absolute Gasteiger partial charge is 0.305 e. The van der Waals surface area contributed by atoms with Gasteiger partial charge in [-0.15, -0.1) is 0 Å². The Balaban J connectivity index is 1.59. The van der Waals surface area contributed by atoms with E-state index in [1.165, 1.54) is 18.2 Å². The molecule has 2 aromatic carbocycles. The molecule has 2 heterocycles. The molecular formula is C38H49F2N5O4. The summed E-state index contributed by atoms with van der Waals surface area (Å²) in [5.74, 6) is -2.79. The first kappa shape index (κ1) is 37.4. The number of benzene rings is 2. The summed E-state index contributed by atoms with van der Waals surface area (Å²) in [6.45, 7) is 16.7. The van der Waals surface area contributed by atoms with E-state index in [9.17, 15) is 23.9 Å². The van der Waals surface area contributed by atoms with E-state index in [-0.39, 0.29) is 29.2 Å². The average Bonchev–Trinajstić information content (AvgIpc) is 3.28. The van der Waals surface area contributed by atoms with Crippen molar-refractivity contribution < 1.29 is 28.3 Å². The summed E-state index contributed by atoms with van der Waals surface area (Å²) in [5, 5.41) is 15.3. The maximum absolute atomic E-state index is 15.7. The highest BCUT2D eigenvalue weighted by Crippen LogP contribution is 2.34. The number of halogens is 2. The van der Waals surface area contributed by atoms with Gasteiger partial charge < -0.3 is 20.6 Å². The standard InChI is InChI=1S/C38H49F2N5O4/c1-22(2)16-32(43-37(48)30-10-8-11-33(41-30)45-13-9-12-44(14-15-45)23(3)4)38(49)42-31(21-34(46)47)29-20-27(17-26(7)36(29)40)35-24(5)18-28(39)19-25(35)6/h8,10-11,17-20,22-23,31-32H,9,12-16,21H2,1-7H3,(H,42,49)(H,43,48)(H,46,47)/t31-,32-/m0/s1. The zero-order chi connectivity index (χ0) is 36.0. The minimum atomic E-state index is -1.24. The molecule has 264 valence electrons. The maximum Gasteiger partial charge on any atom is 0.305 e. The summed E-state index contributed by atoms with van der Waals surface area (Å²) in [6.07, 6.45) is 0.628. The Bertz CT molecular complexity index is 1650. The first-order valence-corrected chi connectivity index (χ1v) is 17.0. The average molecular weight is 678 g/mol. The Hall–Kier alpha value is -4.38. The van der Waals surface area contributed by atoms with Gasteiger partial charge in [-0.2, -0.15) is 0 Å². The number of aliphatic carboxylic acids is 1. The van der Waals surface area contributed by atoms with Gasteiger partial charge >= 0.3 is 5.97 Å². The number of carboxylic acid groups (broad SMARTS) is 1. The van der Waals surface area contributed by atoms with E-state index in [1.54, 1.807) is 39.0 Å². The fourth-order valence-electron chi connectivity index (χ4n) is 6.59. The molecule has 2 amide bonds. The number of carbonyl (C=O) groups is 3. The second-order valence-electron chi connectivity index (χ2n) is 13.8. The zero-order valence-electron chi connectivity index (χ0n) is 29.6. The Labute approximate surface area is 288 Å². The third-order valence-corrected chi connectivity index (χ3v) is 9.02. The number of amides is 2. The van der Waals surface area contributed by atoms with E-state index in [0.29, 0.717) is 34.1 Å². The number of hydrogen-bond acceptors (Lipinski definition) is 6. The quantitative estimate of drug-likeness (QED) is 0.205. The zero-order valence-corrected chi connectivity index (χ0v) is 29.6. The molecule has 0 radical (unpaired) electrons. The SMILES string of the molecule is Cc1cc(-c2c(C)cc(F)cc2C)cc([C@H](CC(=O)O)NC(=O)[C@H](CC(C)C)NC(=O)c2cccc(N3CCCN(C(C)C)CC3)n2)c1F. The summed E-state index contributed by atoms with van der Waals surface area (Å²) in [4.78, 5) is 48.6. The van der Waals surface area contributed by atoms with Crippen molar-refractivity contribution in [2.75, 3.05) is 31.1 Å². The molecule has 0 aliphatic carbocycles. The molecule has 49 heavy (non-hydrogen) atoms. The predicted octanol–water partition coefficient (Wildman–Crippen LogP) is 6.35. The fraction of sp³-hybridized carbons (Fsp3) is 0.474. The lowest BCUT2D eigenvalue weighted by Crippen LogP contribution is -2.48. The first-order chi connectivity index (χ1) is 23.1. The van der Waals surface area contributed by atoms with Crippen LogP contribution in [0.3, 0.4) is 0 Å². The van der Waals surface area contributed by atoms with Crippen LogP contribution in [0.2, 0.25) is 0 Å². The molecule has 0 saturated carbocycles. The van der Waals surface area contributed by atoms with Gasteiger partial charge in [0.25, 0.3) is 5.91 Å². The summed E-state index contributed by atoms with van der Waals surface area (Å²) in [6, 6.07) is 9.30. The second kappa shape index (κ2) is 16.3. The molecule has 1 aliphatic rings. The number of rotatable bonds is 12. The Kier molecular flexibility index (Phi) is 12.5. The van der Waals surface area contributed by atoms with Crippen molar-refractivity contribution in [2.45, 2.75) is 85.9 Å². The van der Waals surface area contributed by atoms with Crippen molar-refractivity contribution in [3.63, 3.8) is 0 Å². The van der Waals surface area contributed by atoms with Gasteiger partial charge in [0.2, 0.25) is 5.91 Å². The van der Waals surface area contributed by atoms with Crippen LogP contribution in [0.25, 0.3) is 11.1 Å². The van der Waals surface area contributed by atoms with Crippen molar-refractivity contribution in [2.24, 2.45) is 5.92 Å². The van der Waals surface area contributed by atoms with Crippen LogP contribution in [0.5, 0.6) is 0 Å². The number of anilines is 1. The van der Waals surface area contributed by atoms with Gasteiger partial charge in [0.1, 0.15) is 29.2 Å². The van der Waals surface area contributed by atoms with Crippen LogP contribution >= 0.6 is 0 Å². The van der Waals surface area contributed by atoms with Crippen molar-refractivity contribution in [3.05, 3.63) is 82.0 Å². The van der Waals surface area contributed by atoms with Crippen molar-refractivity contribution in [1.82, 2.24) is 20.5 Å². The van der Waals surface area contributed by atoms with E-state index in [1.807, 2.05) is 19.9 Å². The lowest BCUT2D eigenvalue weighted by atomic mass is 9.90. The molecule has 0 spiro atoms. The Morgan fingerprint density at radius 2 is 1.59 bits per heavy atom. The molecule has 0 bridgehead atoms. The minimum Gasteiger partial charge on any atom is -0.481 e. The van der Waals surface area contributed by atoms with E-state index in [4.69, 9.17) is 0 Å². The Morgan fingerprint density at radius 1 is 0.898 bits per heavy atom. The van der Waals surface area contributed by atoms with Crippen LogP contribution in [0, 0.1) is 38.3 Å². The number of nitrogens with zero attached hydrogens (tertiary/aromatic N) is 3. The van der Waals surface area contributed by atoms with Crippen molar-refractivity contribution in [1.29, 1.82) is 0 Å². The van der Waals surface area contributed by atoms with Gasteiger partial charge in [0.05, 0.1) is 12.5 Å². The molecule has 1 saturated heterocycles. The van der Waals surface area contributed by atoms with Crippen LogP contribution in [-0.4, -0.2) is 71.0 Å². The van der Waals surface area contributed by atoms with E-state index < -0.39 is 47.9 Å². The molecule has 1 fully saturated rings. The lowest BCUT2D eigenvalue weighted by Gasteiger charge is -2.26. The molecule has 11 heteroatoms. The number of aromatic nitrogens is 1. The number of carboxylic acids is 1. The van der Waals surface area contributed by atoms with Gasteiger partial charge in [0.15, 0.2) is 0 Å². The monoisotopic (exact) mass is 677 g/mol. The van der Waals surface area contributed by atoms with Crippen LogP contribution in [0.4, 0.5) is 14.6 Å². The molecule has 1 aromatic heterocycles.